The van der Waals surface area contributed by atoms with Crippen molar-refractivity contribution in [2.75, 3.05) is 20.3 Å². The second-order valence-electron chi connectivity index (χ2n) is 6.61. The van der Waals surface area contributed by atoms with Crippen LogP contribution in [0.4, 0.5) is 0 Å². The molecule has 2 aromatic carbocycles. The Kier molecular flexibility index (Phi) is 8.23. The molecule has 142 valence electrons. The average molecular weight is 377 g/mol. The molecule has 5 heteroatoms. The Morgan fingerprint density at radius 3 is 2.69 bits per heavy atom. The molecule has 2 atom stereocenters. The van der Waals surface area contributed by atoms with E-state index >= 15 is 0 Å². The molecular weight excluding hydrogens is 350 g/mol. The minimum atomic E-state index is -0.515. The predicted octanol–water partition coefficient (Wildman–Crippen LogP) is -0.0239. The Morgan fingerprint density at radius 2 is 1.92 bits per heavy atom. The Labute approximate surface area is 161 Å². The molecule has 0 fully saturated rings. The number of halogens is 1. The molecular formula is C21H27ClNO3-. The van der Waals surface area contributed by atoms with Gasteiger partial charge in [-0.25, -0.2) is 0 Å². The molecule has 1 aliphatic rings. The Balaban J connectivity index is 0.00000243. The van der Waals surface area contributed by atoms with Gasteiger partial charge in [-0.1, -0.05) is 24.3 Å². The lowest BCUT2D eigenvalue weighted by atomic mass is 10.0. The Hall–Kier alpha value is -1.75. The third-order valence-electron chi connectivity index (χ3n) is 4.71. The highest BCUT2D eigenvalue weighted by Gasteiger charge is 2.18. The molecule has 0 heterocycles. The topological polar surface area (TPSA) is 50.7 Å². The fourth-order valence-electron chi connectivity index (χ4n) is 3.31. The number of benzene rings is 2. The molecule has 0 saturated carbocycles. The maximum Gasteiger partial charge on any atom is 0.119 e. The quantitative estimate of drug-likeness (QED) is 0.667. The molecule has 0 spiro atoms. The normalized spacial score (nSPS) is 17.4. The number of methoxy groups -OCH3 is 1. The molecule has 4 nitrogen and oxygen atoms in total. The van der Waals surface area contributed by atoms with Crippen LogP contribution < -0.4 is 27.2 Å². The number of para-hydroxylation sites is 1. The number of nitrogens with one attached hydrogen (secondary N) is 1. The van der Waals surface area contributed by atoms with Crippen molar-refractivity contribution in [3.8, 4) is 11.5 Å². The van der Waals surface area contributed by atoms with Gasteiger partial charge in [-0.15, -0.1) is 0 Å². The van der Waals surface area contributed by atoms with Crippen molar-refractivity contribution in [3.63, 3.8) is 0 Å². The zero-order valence-corrected chi connectivity index (χ0v) is 15.9. The number of hydrogen-bond acceptors (Lipinski definition) is 4. The molecule has 1 aliphatic carbocycles. The lowest BCUT2D eigenvalue weighted by molar-refractivity contribution is -0.00000722. The predicted molar refractivity (Wildman–Crippen MR) is 99.4 cm³/mol. The highest BCUT2D eigenvalue weighted by Crippen LogP contribution is 2.25. The van der Waals surface area contributed by atoms with Crippen LogP contribution >= 0.6 is 0 Å². The average Bonchev–Trinajstić information content (AvgIpc) is 2.86. The minimum Gasteiger partial charge on any atom is -1.00 e. The maximum atomic E-state index is 10.2. The lowest BCUT2D eigenvalue weighted by Gasteiger charge is -2.20. The molecule has 26 heavy (non-hydrogen) atoms. The first-order valence-corrected chi connectivity index (χ1v) is 8.99. The zero-order chi connectivity index (χ0) is 17.5. The van der Waals surface area contributed by atoms with Gasteiger partial charge in [-0.3, -0.25) is 0 Å². The summed E-state index contributed by atoms with van der Waals surface area (Å²) in [7, 11) is 1.71. The van der Waals surface area contributed by atoms with Crippen LogP contribution in [0.5, 0.6) is 11.5 Å². The van der Waals surface area contributed by atoms with E-state index in [0.29, 0.717) is 19.2 Å². The van der Waals surface area contributed by atoms with Crippen molar-refractivity contribution in [3.05, 3.63) is 59.7 Å². The third kappa shape index (κ3) is 5.90. The van der Waals surface area contributed by atoms with Crippen LogP contribution in [0.3, 0.4) is 0 Å². The highest BCUT2D eigenvalue weighted by molar-refractivity contribution is 5.37. The summed E-state index contributed by atoms with van der Waals surface area (Å²) >= 11 is 0. The maximum absolute atomic E-state index is 10.2. The first-order chi connectivity index (χ1) is 12.2. The van der Waals surface area contributed by atoms with E-state index < -0.39 is 6.10 Å². The van der Waals surface area contributed by atoms with Gasteiger partial charge in [-0.2, -0.15) is 0 Å². The van der Waals surface area contributed by atoms with Gasteiger partial charge in [-0.05, 0) is 61.1 Å². The summed E-state index contributed by atoms with van der Waals surface area (Å²) in [6, 6.07) is 16.3. The van der Waals surface area contributed by atoms with Crippen molar-refractivity contribution >= 4 is 0 Å². The van der Waals surface area contributed by atoms with E-state index in [9.17, 15) is 5.11 Å². The van der Waals surface area contributed by atoms with Gasteiger partial charge >= 0.3 is 0 Å². The standard InChI is InChI=1S/C21H27NO3.ClH/c1-24-21-11-10-17-12-18(7-5-6-16(17)13-21)22-14-19(23)15-25-20-8-3-2-4-9-20;/h2-4,8-11,13,18-19,22-23H,5-7,12,14-15H2,1H3;1H/p-1. The van der Waals surface area contributed by atoms with Crippen molar-refractivity contribution in [2.24, 2.45) is 0 Å². The third-order valence-corrected chi connectivity index (χ3v) is 4.71. The summed E-state index contributed by atoms with van der Waals surface area (Å²) in [4.78, 5) is 0. The smallest absolute Gasteiger partial charge is 0.119 e. The molecule has 0 aromatic heterocycles. The van der Waals surface area contributed by atoms with Gasteiger partial charge in [0.2, 0.25) is 0 Å². The second-order valence-corrected chi connectivity index (χ2v) is 6.61. The SMILES string of the molecule is COc1ccc2c(c1)CCCC(NCC(O)COc1ccccc1)C2.[Cl-]. The van der Waals surface area contributed by atoms with E-state index in [1.54, 1.807) is 7.11 Å². The second kappa shape index (κ2) is 10.4. The largest absolute Gasteiger partial charge is 1.00 e. The number of aliphatic hydroxyl groups is 1. The van der Waals surface area contributed by atoms with E-state index in [-0.39, 0.29) is 12.4 Å². The van der Waals surface area contributed by atoms with Crippen molar-refractivity contribution < 1.29 is 27.0 Å². The van der Waals surface area contributed by atoms with Gasteiger partial charge < -0.3 is 32.3 Å². The summed E-state index contributed by atoms with van der Waals surface area (Å²) in [6.45, 7) is 0.848. The van der Waals surface area contributed by atoms with Crippen LogP contribution in [0.25, 0.3) is 0 Å². The van der Waals surface area contributed by atoms with Gasteiger partial charge in [0.15, 0.2) is 0 Å². The minimum absolute atomic E-state index is 0. The number of ether oxygens (including phenoxy) is 2. The summed E-state index contributed by atoms with van der Waals surface area (Å²) in [5.41, 5.74) is 2.77. The number of rotatable bonds is 7. The fraction of sp³-hybridized carbons (Fsp3) is 0.429. The monoisotopic (exact) mass is 376 g/mol. The molecule has 0 saturated heterocycles. The van der Waals surface area contributed by atoms with Gasteiger partial charge in [0.1, 0.15) is 24.2 Å². The summed E-state index contributed by atoms with van der Waals surface area (Å²) in [5, 5.41) is 13.7. The fourth-order valence-corrected chi connectivity index (χ4v) is 3.31. The van der Waals surface area contributed by atoms with Crippen LogP contribution in [0, 0.1) is 0 Å². The van der Waals surface area contributed by atoms with Gasteiger partial charge in [0, 0.05) is 12.6 Å². The van der Waals surface area contributed by atoms with Crippen LogP contribution in [-0.4, -0.2) is 37.5 Å². The molecule has 3 rings (SSSR count). The highest BCUT2D eigenvalue weighted by atomic mass is 35.5. The van der Waals surface area contributed by atoms with Crippen molar-refractivity contribution in [2.45, 2.75) is 37.8 Å². The molecule has 2 unspecified atom stereocenters. The molecule has 0 bridgehead atoms. The number of fused-ring (bicyclic) bond motifs is 1. The number of hydrogen-bond donors (Lipinski definition) is 2. The molecule has 0 amide bonds. The van der Waals surface area contributed by atoms with E-state index in [0.717, 1.165) is 37.2 Å². The van der Waals surface area contributed by atoms with Crippen LogP contribution in [0.2, 0.25) is 0 Å². The van der Waals surface area contributed by atoms with Crippen molar-refractivity contribution in [1.82, 2.24) is 5.32 Å². The Morgan fingerprint density at radius 1 is 1.12 bits per heavy atom. The van der Waals surface area contributed by atoms with Gasteiger partial charge in [0.25, 0.3) is 0 Å². The van der Waals surface area contributed by atoms with Crippen LogP contribution in [0.1, 0.15) is 24.0 Å². The number of aryl methyl sites for hydroxylation is 1. The zero-order valence-electron chi connectivity index (χ0n) is 15.2. The Bertz CT molecular complexity index is 666. The van der Waals surface area contributed by atoms with E-state index in [1.807, 2.05) is 36.4 Å². The van der Waals surface area contributed by atoms with Crippen LogP contribution in [0.15, 0.2) is 48.5 Å². The van der Waals surface area contributed by atoms with Gasteiger partial charge in [0.05, 0.1) is 7.11 Å². The molecule has 2 N–H and O–H groups in total. The van der Waals surface area contributed by atoms with E-state index in [1.165, 1.54) is 11.1 Å². The van der Waals surface area contributed by atoms with Crippen molar-refractivity contribution in [1.29, 1.82) is 0 Å². The lowest BCUT2D eigenvalue weighted by Crippen LogP contribution is -3.00. The molecule has 0 radical (unpaired) electrons. The first-order valence-electron chi connectivity index (χ1n) is 8.99. The van der Waals surface area contributed by atoms with Crippen LogP contribution in [-0.2, 0) is 12.8 Å². The van der Waals surface area contributed by atoms with E-state index in [2.05, 4.69) is 17.4 Å². The molecule has 0 aliphatic heterocycles. The number of aliphatic hydroxyl groups excluding tert-OH is 1. The molecule has 2 aromatic rings. The summed E-state index contributed by atoms with van der Waals surface area (Å²) in [5.74, 6) is 1.72. The summed E-state index contributed by atoms with van der Waals surface area (Å²) in [6.07, 6.45) is 3.83. The van der Waals surface area contributed by atoms with E-state index in [4.69, 9.17) is 9.47 Å². The first kappa shape index (κ1) is 20.6. The summed E-state index contributed by atoms with van der Waals surface area (Å²) < 4.78 is 10.9.